The van der Waals surface area contributed by atoms with Crippen LogP contribution in [0.5, 0.6) is 0 Å². The Bertz CT molecular complexity index is 117. The van der Waals surface area contributed by atoms with Crippen LogP contribution in [0.2, 0.25) is 0 Å². The lowest BCUT2D eigenvalue weighted by Gasteiger charge is -2.24. The highest BCUT2D eigenvalue weighted by atomic mass is 32.2. The van der Waals surface area contributed by atoms with Crippen molar-refractivity contribution in [1.82, 2.24) is 5.32 Å². The van der Waals surface area contributed by atoms with Crippen LogP contribution in [-0.4, -0.2) is 38.8 Å². The van der Waals surface area contributed by atoms with Crippen LogP contribution >= 0.6 is 11.8 Å². The zero-order chi connectivity index (χ0) is 10.2. The Hall–Kier alpha value is 0.270. The number of hydrogen-bond acceptors (Lipinski definition) is 3. The van der Waals surface area contributed by atoms with Gasteiger partial charge in [0.2, 0.25) is 0 Å². The standard InChI is InChI=1S/C10H23NOS/c1-10(2,5-8-13-4)9-11-6-7-12-3/h11H,5-9H2,1-4H3. The van der Waals surface area contributed by atoms with E-state index < -0.39 is 0 Å². The van der Waals surface area contributed by atoms with E-state index in [1.807, 2.05) is 11.8 Å². The topological polar surface area (TPSA) is 21.3 Å². The fourth-order valence-corrected chi connectivity index (χ4v) is 1.82. The summed E-state index contributed by atoms with van der Waals surface area (Å²) in [5, 5.41) is 3.40. The molecule has 0 aromatic heterocycles. The second-order valence-corrected chi connectivity index (χ2v) is 5.06. The summed E-state index contributed by atoms with van der Waals surface area (Å²) in [4.78, 5) is 0. The molecule has 0 radical (unpaired) electrons. The molecule has 0 aliphatic carbocycles. The zero-order valence-corrected chi connectivity index (χ0v) is 10.2. The van der Waals surface area contributed by atoms with Crippen molar-refractivity contribution in [3.05, 3.63) is 0 Å². The van der Waals surface area contributed by atoms with Gasteiger partial charge in [-0.25, -0.2) is 0 Å². The lowest BCUT2D eigenvalue weighted by atomic mass is 9.90. The number of thioether (sulfide) groups is 1. The monoisotopic (exact) mass is 205 g/mol. The van der Waals surface area contributed by atoms with Gasteiger partial charge < -0.3 is 10.1 Å². The summed E-state index contributed by atoms with van der Waals surface area (Å²) in [6.07, 6.45) is 3.43. The van der Waals surface area contributed by atoms with Gasteiger partial charge in [0, 0.05) is 20.2 Å². The third-order valence-electron chi connectivity index (χ3n) is 2.07. The molecular formula is C10H23NOS. The molecule has 0 amide bonds. The van der Waals surface area contributed by atoms with Crippen molar-refractivity contribution in [1.29, 1.82) is 0 Å². The SMILES string of the molecule is COCCNCC(C)(C)CCSC. The molecule has 0 fully saturated rings. The summed E-state index contributed by atoms with van der Waals surface area (Å²) in [7, 11) is 1.74. The minimum Gasteiger partial charge on any atom is -0.383 e. The maximum Gasteiger partial charge on any atom is 0.0587 e. The molecule has 0 unspecified atom stereocenters. The molecule has 0 aliphatic heterocycles. The van der Waals surface area contributed by atoms with E-state index in [0.29, 0.717) is 5.41 Å². The Kier molecular flexibility index (Phi) is 7.81. The van der Waals surface area contributed by atoms with Crippen molar-refractivity contribution in [3.63, 3.8) is 0 Å². The molecule has 0 rings (SSSR count). The maximum atomic E-state index is 4.97. The smallest absolute Gasteiger partial charge is 0.0587 e. The van der Waals surface area contributed by atoms with E-state index >= 15 is 0 Å². The van der Waals surface area contributed by atoms with Gasteiger partial charge in [-0.3, -0.25) is 0 Å². The molecule has 0 spiro atoms. The summed E-state index contributed by atoms with van der Waals surface area (Å²) in [5.41, 5.74) is 0.413. The molecule has 0 saturated heterocycles. The van der Waals surface area contributed by atoms with Gasteiger partial charge in [0.15, 0.2) is 0 Å². The number of nitrogens with one attached hydrogen (secondary N) is 1. The molecular weight excluding hydrogens is 182 g/mol. The first-order valence-electron chi connectivity index (χ1n) is 4.81. The first-order valence-corrected chi connectivity index (χ1v) is 6.20. The van der Waals surface area contributed by atoms with Gasteiger partial charge in [0.1, 0.15) is 0 Å². The molecule has 0 heterocycles. The summed E-state index contributed by atoms with van der Waals surface area (Å²) < 4.78 is 4.97. The number of rotatable bonds is 8. The van der Waals surface area contributed by atoms with Gasteiger partial charge in [-0.15, -0.1) is 0 Å². The van der Waals surface area contributed by atoms with Crippen LogP contribution in [0.1, 0.15) is 20.3 Å². The number of hydrogen-bond donors (Lipinski definition) is 1. The molecule has 1 N–H and O–H groups in total. The van der Waals surface area contributed by atoms with Gasteiger partial charge >= 0.3 is 0 Å². The van der Waals surface area contributed by atoms with Crippen LogP contribution in [0.25, 0.3) is 0 Å². The van der Waals surface area contributed by atoms with Crippen LogP contribution in [-0.2, 0) is 4.74 Å². The highest BCUT2D eigenvalue weighted by Crippen LogP contribution is 2.20. The first kappa shape index (κ1) is 13.3. The quantitative estimate of drug-likeness (QED) is 0.612. The third-order valence-corrected chi connectivity index (χ3v) is 2.68. The Balaban J connectivity index is 3.39. The van der Waals surface area contributed by atoms with E-state index in [-0.39, 0.29) is 0 Å². The highest BCUT2D eigenvalue weighted by Gasteiger charge is 2.15. The van der Waals surface area contributed by atoms with Crippen molar-refractivity contribution in [2.45, 2.75) is 20.3 Å². The van der Waals surface area contributed by atoms with Crippen LogP contribution in [0.3, 0.4) is 0 Å². The minimum atomic E-state index is 0.413. The van der Waals surface area contributed by atoms with Gasteiger partial charge in [-0.2, -0.15) is 11.8 Å². The van der Waals surface area contributed by atoms with Crippen molar-refractivity contribution < 1.29 is 4.74 Å². The fraction of sp³-hybridized carbons (Fsp3) is 1.00. The summed E-state index contributed by atoms with van der Waals surface area (Å²) in [6.45, 7) is 7.46. The van der Waals surface area contributed by atoms with Crippen molar-refractivity contribution >= 4 is 11.8 Å². The highest BCUT2D eigenvalue weighted by molar-refractivity contribution is 7.98. The lowest BCUT2D eigenvalue weighted by Crippen LogP contribution is -2.31. The van der Waals surface area contributed by atoms with Crippen molar-refractivity contribution in [3.8, 4) is 0 Å². The van der Waals surface area contributed by atoms with E-state index in [0.717, 1.165) is 19.7 Å². The normalized spacial score (nSPS) is 12.0. The van der Waals surface area contributed by atoms with Crippen LogP contribution in [0.4, 0.5) is 0 Å². The second kappa shape index (κ2) is 7.65. The molecule has 0 aliphatic rings. The summed E-state index contributed by atoms with van der Waals surface area (Å²) in [5.74, 6) is 1.25. The average Bonchev–Trinajstić information content (AvgIpc) is 2.09. The van der Waals surface area contributed by atoms with Crippen molar-refractivity contribution in [2.75, 3.05) is 38.8 Å². The average molecular weight is 205 g/mol. The Labute approximate surface area is 86.8 Å². The van der Waals surface area contributed by atoms with E-state index in [4.69, 9.17) is 4.74 Å². The van der Waals surface area contributed by atoms with Crippen LogP contribution in [0.15, 0.2) is 0 Å². The van der Waals surface area contributed by atoms with E-state index in [1.165, 1.54) is 12.2 Å². The predicted molar refractivity (Wildman–Crippen MR) is 61.5 cm³/mol. The van der Waals surface area contributed by atoms with E-state index in [2.05, 4.69) is 25.4 Å². The first-order chi connectivity index (χ1) is 6.12. The molecule has 0 bridgehead atoms. The van der Waals surface area contributed by atoms with Gasteiger partial charge in [0.25, 0.3) is 0 Å². The molecule has 13 heavy (non-hydrogen) atoms. The number of ether oxygens (including phenoxy) is 1. The van der Waals surface area contributed by atoms with Gasteiger partial charge in [0.05, 0.1) is 6.61 Å². The zero-order valence-electron chi connectivity index (χ0n) is 9.35. The van der Waals surface area contributed by atoms with Crippen molar-refractivity contribution in [2.24, 2.45) is 5.41 Å². The molecule has 3 heteroatoms. The van der Waals surface area contributed by atoms with Gasteiger partial charge in [-0.05, 0) is 23.8 Å². The van der Waals surface area contributed by atoms with Crippen LogP contribution in [0, 0.1) is 5.41 Å². The summed E-state index contributed by atoms with van der Waals surface area (Å²) in [6, 6.07) is 0. The minimum absolute atomic E-state index is 0.413. The molecule has 0 atom stereocenters. The molecule has 2 nitrogen and oxygen atoms in total. The van der Waals surface area contributed by atoms with E-state index in [1.54, 1.807) is 7.11 Å². The lowest BCUT2D eigenvalue weighted by molar-refractivity contribution is 0.193. The Morgan fingerprint density at radius 1 is 1.38 bits per heavy atom. The molecule has 0 aromatic rings. The third kappa shape index (κ3) is 8.60. The second-order valence-electron chi connectivity index (χ2n) is 4.08. The largest absolute Gasteiger partial charge is 0.383 e. The fourth-order valence-electron chi connectivity index (χ4n) is 1.07. The predicted octanol–water partition coefficient (Wildman–Crippen LogP) is 2.00. The maximum absolute atomic E-state index is 4.97. The summed E-state index contributed by atoms with van der Waals surface area (Å²) >= 11 is 1.92. The number of methoxy groups -OCH3 is 1. The van der Waals surface area contributed by atoms with E-state index in [9.17, 15) is 0 Å². The molecule has 0 saturated carbocycles. The Morgan fingerprint density at radius 2 is 2.08 bits per heavy atom. The molecule has 80 valence electrons. The Morgan fingerprint density at radius 3 is 2.62 bits per heavy atom. The van der Waals surface area contributed by atoms with Crippen LogP contribution < -0.4 is 5.32 Å². The molecule has 0 aromatic carbocycles. The van der Waals surface area contributed by atoms with Gasteiger partial charge in [-0.1, -0.05) is 13.8 Å².